The van der Waals surface area contributed by atoms with Gasteiger partial charge in [-0.3, -0.25) is 0 Å². The van der Waals surface area contributed by atoms with Crippen LogP contribution in [0.4, 0.5) is 0 Å². The molecule has 29 heavy (non-hydrogen) atoms. The fraction of sp³-hybridized carbons (Fsp3) is 0. The van der Waals surface area contributed by atoms with Crippen molar-refractivity contribution in [3.63, 3.8) is 0 Å². The van der Waals surface area contributed by atoms with Crippen molar-refractivity contribution in [2.75, 3.05) is 0 Å². The maximum absolute atomic E-state index is 0. The van der Waals surface area contributed by atoms with Crippen molar-refractivity contribution in [1.82, 2.24) is 0 Å². The van der Waals surface area contributed by atoms with Crippen molar-refractivity contribution in [2.45, 2.75) is 0 Å². The zero-order valence-electron chi connectivity index (χ0n) is 14.3. The van der Waals surface area contributed by atoms with Crippen molar-refractivity contribution in [3.05, 3.63) is 0 Å². The summed E-state index contributed by atoms with van der Waals surface area (Å²) in [7, 11) is 0. The Balaban J connectivity index is 0. The van der Waals surface area contributed by atoms with Gasteiger partial charge >= 0.3 is 221 Å². The Hall–Kier alpha value is 6.18. The molecule has 0 amide bonds. The molecule has 0 N–H and O–H groups in total. The fourth-order valence-corrected chi connectivity index (χ4v) is 0. The Morgan fingerprint density at radius 3 is 0.103 bits per heavy atom. The van der Waals surface area contributed by atoms with Crippen LogP contribution in [-0.4, -0.2) is 191 Å². The second kappa shape index (κ2) is 986. The Bertz CT molecular complexity index is 33.3. The van der Waals surface area contributed by atoms with Crippen LogP contribution in [0, 0.1) is 0 Å². The average Bonchev–Trinajstić information content (AvgIpc) is 0. The second-order valence-corrected chi connectivity index (χ2v) is 0. The number of rotatable bonds is 0. The summed E-state index contributed by atoms with van der Waals surface area (Å²) in [6.07, 6.45) is 0. The molecule has 0 saturated carbocycles. The maximum atomic E-state index is 0. The predicted octanol–water partition coefficient (Wildman–Crippen LogP) is -9.20. The van der Waals surface area contributed by atoms with Gasteiger partial charge in [0, 0.05) is 0 Å². The zero-order valence-corrected chi connectivity index (χ0v) is 29.0. The number of hydrogen-bond acceptors (Lipinski definition) is 0. The van der Waals surface area contributed by atoms with Crippen LogP contribution in [0.1, 0.15) is 0 Å². The second-order valence-electron chi connectivity index (χ2n) is 0. The molecular formula is Al11NaO17. The molecule has 29 heteroatoms. The van der Waals surface area contributed by atoms with E-state index in [1.807, 2.05) is 0 Å². The molecule has 0 aliphatic carbocycles. The third-order valence-electron chi connectivity index (χ3n) is 0. The Morgan fingerprint density at radius 1 is 0.103 bits per heavy atom. The van der Waals surface area contributed by atoms with Crippen LogP contribution in [0.5, 0.6) is 0 Å². The minimum Gasteiger partial charge on any atom is -2.00 e. The summed E-state index contributed by atoms with van der Waals surface area (Å²) in [6.45, 7) is 0. The fourth-order valence-electron chi connectivity index (χ4n) is 0. The van der Waals surface area contributed by atoms with Gasteiger partial charge in [-0.15, -0.1) is 0 Å². The first-order valence-electron chi connectivity index (χ1n) is 0. The Kier molecular flexibility index (Phi) is 36600. The first kappa shape index (κ1) is 1080. The first-order valence-corrected chi connectivity index (χ1v) is 0. The predicted molar refractivity (Wildman–Crippen MR) is 75.0 cm³/mol. The van der Waals surface area contributed by atoms with E-state index in [1.54, 1.807) is 0 Å². The van der Waals surface area contributed by atoms with Crippen LogP contribution >= 0.6 is 0 Å². The van der Waals surface area contributed by atoms with Crippen molar-refractivity contribution in [2.24, 2.45) is 0 Å². The molecule has 0 aromatic heterocycles. The summed E-state index contributed by atoms with van der Waals surface area (Å²) in [5.74, 6) is 0. The minimum absolute atomic E-state index is 0. The van der Waals surface area contributed by atoms with E-state index < -0.39 is 0 Å². The molecule has 0 rings (SSSR count). The van der Waals surface area contributed by atoms with Gasteiger partial charge in [-0.1, -0.05) is 0 Å². The van der Waals surface area contributed by atoms with E-state index in [4.69, 9.17) is 0 Å². The Labute approximate surface area is 309 Å². The van der Waals surface area contributed by atoms with Crippen LogP contribution in [0.15, 0.2) is 0 Å². The molecule has 0 bridgehead atoms. The van der Waals surface area contributed by atoms with Gasteiger partial charge in [0.05, 0.1) is 0 Å². The zero-order chi connectivity index (χ0) is 0. The van der Waals surface area contributed by atoms with Gasteiger partial charge in [0.15, 0.2) is 0 Å². The van der Waals surface area contributed by atoms with Gasteiger partial charge in [-0.05, 0) is 0 Å². The SMILES string of the molecule is [Al+3].[Al+3].[Al+3].[Al+3].[Al+3].[Al+3].[Al+3].[Al+3].[Al+3].[Al+3].[Al+3].[Na+].[O-2].[O-2].[O-2].[O-2].[O-2].[O-2].[O-2].[O-2].[O-2].[O-2].[O-2].[O-2].[O-2].[O-2].[O-2].[O-2].[O-2]. The van der Waals surface area contributed by atoms with Gasteiger partial charge in [-0.25, -0.2) is 0 Å². The molecule has 17 nitrogen and oxygen atoms in total. The molecule has 0 radical (unpaired) electrons. The van der Waals surface area contributed by atoms with Gasteiger partial charge in [0.25, 0.3) is 0 Å². The van der Waals surface area contributed by atoms with E-state index in [1.165, 1.54) is 0 Å². The largest absolute Gasteiger partial charge is 3.00 e. The quantitative estimate of drug-likeness (QED) is 0.237. The molecule has 0 spiro atoms. The Morgan fingerprint density at radius 2 is 0.103 bits per heavy atom. The molecule has 0 saturated heterocycles. The minimum atomic E-state index is 0. The van der Waals surface area contributed by atoms with Crippen LogP contribution in [0.2, 0.25) is 0 Å². The van der Waals surface area contributed by atoms with Crippen LogP contribution in [0.3, 0.4) is 0 Å². The summed E-state index contributed by atoms with van der Waals surface area (Å²) in [6, 6.07) is 0. The van der Waals surface area contributed by atoms with E-state index in [2.05, 4.69) is 0 Å². The molecule has 0 fully saturated rings. The molecule has 0 unspecified atom stereocenters. The molecular weight excluding hydrogens is 592 g/mol. The van der Waals surface area contributed by atoms with Gasteiger partial charge in [0.1, 0.15) is 0 Å². The summed E-state index contributed by atoms with van der Waals surface area (Å²) in [4.78, 5) is 0. The first-order chi connectivity index (χ1) is 0. The van der Waals surface area contributed by atoms with E-state index >= 15 is 0 Å². The van der Waals surface area contributed by atoms with Crippen LogP contribution in [-0.2, 0) is 93.1 Å². The van der Waals surface area contributed by atoms with Crippen molar-refractivity contribution >= 4 is 191 Å². The van der Waals surface area contributed by atoms with E-state index in [9.17, 15) is 0 Å². The van der Waals surface area contributed by atoms with E-state index in [0.29, 0.717) is 0 Å². The smallest absolute Gasteiger partial charge is 2.00 e. The molecule has 0 aliphatic heterocycles. The molecule has 0 atom stereocenters. The average molecular weight is 592 g/mol. The molecule has 0 heterocycles. The normalized spacial score (nSPS) is 0. The van der Waals surface area contributed by atoms with E-state index in [-0.39, 0.29) is 314 Å². The summed E-state index contributed by atoms with van der Waals surface area (Å²) < 4.78 is 0. The van der Waals surface area contributed by atoms with Crippen LogP contribution < -0.4 is 29.6 Å². The summed E-state index contributed by atoms with van der Waals surface area (Å²) >= 11 is 0. The molecule has 0 aliphatic rings. The van der Waals surface area contributed by atoms with Crippen molar-refractivity contribution < 1.29 is 123 Å². The summed E-state index contributed by atoms with van der Waals surface area (Å²) in [5.41, 5.74) is 0. The third kappa shape index (κ3) is 927. The molecule has 136 valence electrons. The third-order valence-corrected chi connectivity index (χ3v) is 0. The topological polar surface area (TPSA) is 484 Å². The van der Waals surface area contributed by atoms with Gasteiger partial charge in [-0.2, -0.15) is 0 Å². The standard InChI is InChI=1S/11Al.Na.17O/q11*+3;+1;17*-2. The van der Waals surface area contributed by atoms with Crippen LogP contribution in [0.25, 0.3) is 0 Å². The maximum Gasteiger partial charge on any atom is 3.00 e. The van der Waals surface area contributed by atoms with Gasteiger partial charge < -0.3 is 93.1 Å². The number of hydrogen-bond donors (Lipinski definition) is 0. The molecule has 0 aromatic carbocycles. The summed E-state index contributed by atoms with van der Waals surface area (Å²) in [5, 5.41) is 0. The van der Waals surface area contributed by atoms with Crippen molar-refractivity contribution in [3.8, 4) is 0 Å². The monoisotopic (exact) mass is 592 g/mol. The molecule has 0 aromatic rings. The van der Waals surface area contributed by atoms with Gasteiger partial charge in [0.2, 0.25) is 0 Å². The van der Waals surface area contributed by atoms with Crippen molar-refractivity contribution in [1.29, 1.82) is 0 Å². The van der Waals surface area contributed by atoms with E-state index in [0.717, 1.165) is 0 Å².